The van der Waals surface area contributed by atoms with E-state index < -0.39 is 10.0 Å². The van der Waals surface area contributed by atoms with Crippen LogP contribution in [0.3, 0.4) is 0 Å². The fourth-order valence-corrected chi connectivity index (χ4v) is 2.28. The molecule has 0 bridgehead atoms. The van der Waals surface area contributed by atoms with Gasteiger partial charge in [-0.15, -0.1) is 0 Å². The highest BCUT2D eigenvalue weighted by atomic mass is 32.2. The number of anilines is 1. The lowest BCUT2D eigenvalue weighted by molar-refractivity contribution is -0.114. The Kier molecular flexibility index (Phi) is 4.22. The zero-order valence-corrected chi connectivity index (χ0v) is 10.5. The van der Waals surface area contributed by atoms with Gasteiger partial charge in [-0.25, -0.2) is 13.1 Å². The number of hydrogen-bond donors (Lipinski definition) is 3. The quantitative estimate of drug-likeness (QED) is 0.695. The number of amides is 1. The van der Waals surface area contributed by atoms with Crippen LogP contribution in [-0.4, -0.2) is 27.9 Å². The Morgan fingerprint density at radius 1 is 1.41 bits per heavy atom. The molecule has 4 N–H and O–H groups in total. The molecule has 0 aromatic heterocycles. The van der Waals surface area contributed by atoms with Gasteiger partial charge in [0.1, 0.15) is 0 Å². The molecule has 0 aliphatic rings. The van der Waals surface area contributed by atoms with Crippen molar-refractivity contribution >= 4 is 21.6 Å². The van der Waals surface area contributed by atoms with E-state index in [2.05, 4.69) is 10.0 Å². The maximum absolute atomic E-state index is 11.7. The van der Waals surface area contributed by atoms with Crippen molar-refractivity contribution in [1.29, 1.82) is 0 Å². The van der Waals surface area contributed by atoms with Gasteiger partial charge in [-0.2, -0.15) is 0 Å². The lowest BCUT2D eigenvalue weighted by atomic mass is 10.2. The van der Waals surface area contributed by atoms with Gasteiger partial charge in [0.2, 0.25) is 15.9 Å². The molecule has 1 rings (SSSR count). The van der Waals surface area contributed by atoms with E-state index >= 15 is 0 Å². The van der Waals surface area contributed by atoms with E-state index in [0.29, 0.717) is 11.3 Å². The molecule has 0 heterocycles. The first-order chi connectivity index (χ1) is 7.90. The van der Waals surface area contributed by atoms with Crippen molar-refractivity contribution in [3.05, 3.63) is 23.8 Å². The first-order valence-electron chi connectivity index (χ1n) is 4.95. The fraction of sp³-hybridized carbons (Fsp3) is 0.300. The van der Waals surface area contributed by atoms with E-state index in [-0.39, 0.29) is 17.3 Å². The highest BCUT2D eigenvalue weighted by Crippen LogP contribution is 2.19. The van der Waals surface area contributed by atoms with Gasteiger partial charge in [-0.1, -0.05) is 6.07 Å². The number of aryl methyl sites for hydroxylation is 1. The van der Waals surface area contributed by atoms with Crippen LogP contribution >= 0.6 is 0 Å². The first-order valence-corrected chi connectivity index (χ1v) is 6.43. The normalized spacial score (nSPS) is 11.2. The van der Waals surface area contributed by atoms with E-state index in [9.17, 15) is 13.2 Å². The molecule has 0 radical (unpaired) electrons. The third kappa shape index (κ3) is 3.26. The third-order valence-corrected chi connectivity index (χ3v) is 3.77. The predicted octanol–water partition coefficient (Wildman–Crippen LogP) is -0.200. The Balaban J connectivity index is 3.16. The van der Waals surface area contributed by atoms with Crippen LogP contribution < -0.4 is 15.8 Å². The van der Waals surface area contributed by atoms with Gasteiger partial charge in [0.15, 0.2) is 0 Å². The van der Waals surface area contributed by atoms with Crippen LogP contribution in [0.5, 0.6) is 0 Å². The van der Waals surface area contributed by atoms with Gasteiger partial charge >= 0.3 is 0 Å². The van der Waals surface area contributed by atoms with Crippen molar-refractivity contribution in [2.75, 3.05) is 18.9 Å². The van der Waals surface area contributed by atoms with Crippen molar-refractivity contribution in [3.8, 4) is 0 Å². The summed E-state index contributed by atoms with van der Waals surface area (Å²) >= 11 is 0. The average Bonchev–Trinajstić information content (AvgIpc) is 2.31. The summed E-state index contributed by atoms with van der Waals surface area (Å²) < 4.78 is 25.6. The number of nitrogens with one attached hydrogen (secondary N) is 2. The van der Waals surface area contributed by atoms with Crippen molar-refractivity contribution in [2.45, 2.75) is 11.8 Å². The van der Waals surface area contributed by atoms with E-state index in [1.807, 2.05) is 0 Å². The molecule has 0 saturated heterocycles. The van der Waals surface area contributed by atoms with Crippen molar-refractivity contribution in [3.63, 3.8) is 0 Å². The molecular formula is C10H15N3O3S. The minimum absolute atomic E-state index is 0.134. The second-order valence-corrected chi connectivity index (χ2v) is 5.30. The SMILES string of the molecule is CNS(=O)(=O)c1cc(NC(=O)CN)ccc1C. The van der Waals surface area contributed by atoms with E-state index in [0.717, 1.165) is 0 Å². The molecule has 1 amide bonds. The molecule has 0 aliphatic carbocycles. The topological polar surface area (TPSA) is 101 Å². The van der Waals surface area contributed by atoms with Crippen molar-refractivity contribution in [1.82, 2.24) is 4.72 Å². The summed E-state index contributed by atoms with van der Waals surface area (Å²) in [7, 11) is -2.19. The molecule has 0 saturated carbocycles. The first kappa shape index (κ1) is 13.6. The maximum atomic E-state index is 11.7. The molecule has 0 unspecified atom stereocenters. The molecule has 1 aromatic rings. The Morgan fingerprint density at radius 2 is 2.06 bits per heavy atom. The summed E-state index contributed by atoms with van der Waals surface area (Å²) in [6.07, 6.45) is 0. The monoisotopic (exact) mass is 257 g/mol. The molecule has 94 valence electrons. The second-order valence-electron chi connectivity index (χ2n) is 3.44. The molecule has 0 aliphatic heterocycles. The van der Waals surface area contributed by atoms with Crippen molar-refractivity contribution < 1.29 is 13.2 Å². The zero-order chi connectivity index (χ0) is 13.1. The van der Waals surface area contributed by atoms with Crippen LogP contribution in [0.1, 0.15) is 5.56 Å². The fourth-order valence-electron chi connectivity index (χ4n) is 1.29. The number of rotatable bonds is 4. The Bertz CT molecular complexity index is 526. The molecular weight excluding hydrogens is 242 g/mol. The predicted molar refractivity (Wildman–Crippen MR) is 65.1 cm³/mol. The van der Waals surface area contributed by atoms with Gasteiger partial charge in [0, 0.05) is 5.69 Å². The van der Waals surface area contributed by atoms with E-state index in [1.165, 1.54) is 13.1 Å². The molecule has 0 spiro atoms. The van der Waals surface area contributed by atoms with E-state index in [1.54, 1.807) is 19.1 Å². The van der Waals surface area contributed by atoms with Gasteiger partial charge in [-0.3, -0.25) is 4.79 Å². The molecule has 17 heavy (non-hydrogen) atoms. The maximum Gasteiger partial charge on any atom is 0.240 e. The largest absolute Gasteiger partial charge is 0.325 e. The number of carbonyl (C=O) groups is 1. The van der Waals surface area contributed by atoms with Crippen LogP contribution in [-0.2, 0) is 14.8 Å². The van der Waals surface area contributed by atoms with E-state index in [4.69, 9.17) is 5.73 Å². The van der Waals surface area contributed by atoms with Crippen LogP contribution in [0.15, 0.2) is 23.1 Å². The van der Waals surface area contributed by atoms with Gasteiger partial charge in [-0.05, 0) is 31.7 Å². The smallest absolute Gasteiger partial charge is 0.240 e. The highest BCUT2D eigenvalue weighted by Gasteiger charge is 2.15. The average molecular weight is 257 g/mol. The van der Waals surface area contributed by atoms with Crippen LogP contribution in [0.2, 0.25) is 0 Å². The number of nitrogens with two attached hydrogens (primary N) is 1. The Morgan fingerprint density at radius 3 is 2.59 bits per heavy atom. The summed E-state index contributed by atoms with van der Waals surface area (Å²) in [4.78, 5) is 11.2. The summed E-state index contributed by atoms with van der Waals surface area (Å²) in [6, 6.07) is 4.64. The van der Waals surface area contributed by atoms with Gasteiger partial charge in [0.05, 0.1) is 11.4 Å². The summed E-state index contributed by atoms with van der Waals surface area (Å²) in [5.74, 6) is -0.373. The highest BCUT2D eigenvalue weighted by molar-refractivity contribution is 7.89. The van der Waals surface area contributed by atoms with Crippen LogP contribution in [0.4, 0.5) is 5.69 Å². The second kappa shape index (κ2) is 5.26. The zero-order valence-electron chi connectivity index (χ0n) is 9.65. The summed E-state index contributed by atoms with van der Waals surface area (Å²) in [6.45, 7) is 1.53. The molecule has 0 atom stereocenters. The number of benzene rings is 1. The number of sulfonamides is 1. The Hall–Kier alpha value is -1.44. The van der Waals surface area contributed by atoms with Crippen LogP contribution in [0, 0.1) is 6.92 Å². The van der Waals surface area contributed by atoms with Crippen molar-refractivity contribution in [2.24, 2.45) is 5.73 Å². The summed E-state index contributed by atoms with van der Waals surface area (Å²) in [5.41, 5.74) is 6.16. The summed E-state index contributed by atoms with van der Waals surface area (Å²) in [5, 5.41) is 2.50. The lowest BCUT2D eigenvalue weighted by Crippen LogP contribution is -2.23. The van der Waals surface area contributed by atoms with Gasteiger partial charge < -0.3 is 11.1 Å². The minimum atomic E-state index is -3.53. The molecule has 1 aromatic carbocycles. The molecule has 6 nitrogen and oxygen atoms in total. The minimum Gasteiger partial charge on any atom is -0.325 e. The number of carbonyl (C=O) groups excluding carboxylic acids is 1. The number of hydrogen-bond acceptors (Lipinski definition) is 4. The lowest BCUT2D eigenvalue weighted by Gasteiger charge is -2.09. The molecule has 0 fully saturated rings. The van der Waals surface area contributed by atoms with Gasteiger partial charge in [0.25, 0.3) is 0 Å². The molecule has 7 heteroatoms. The third-order valence-electron chi connectivity index (χ3n) is 2.22. The standard InChI is InChI=1S/C10H15N3O3S/c1-7-3-4-8(13-10(14)6-11)5-9(7)17(15,16)12-2/h3-5,12H,6,11H2,1-2H3,(H,13,14). The van der Waals surface area contributed by atoms with Crippen LogP contribution in [0.25, 0.3) is 0 Å². The Labute approximate surface area is 100 Å².